The molecular formula is C19H29N3O4. The summed E-state index contributed by atoms with van der Waals surface area (Å²) in [5.74, 6) is 0.512. The second-order valence-corrected chi connectivity index (χ2v) is 7.06. The van der Waals surface area contributed by atoms with Gasteiger partial charge in [0.15, 0.2) is 0 Å². The van der Waals surface area contributed by atoms with Gasteiger partial charge in [-0.3, -0.25) is 15.0 Å². The molecule has 0 N–H and O–H groups in total. The van der Waals surface area contributed by atoms with Crippen LogP contribution >= 0.6 is 0 Å². The van der Waals surface area contributed by atoms with E-state index in [0.717, 1.165) is 26.2 Å². The maximum atomic E-state index is 11.5. The summed E-state index contributed by atoms with van der Waals surface area (Å²) in [4.78, 5) is 15.9. The van der Waals surface area contributed by atoms with Crippen LogP contribution in [-0.4, -0.2) is 62.4 Å². The summed E-state index contributed by atoms with van der Waals surface area (Å²) in [6, 6.07) is 5.86. The Bertz CT molecular complexity index is 596. The van der Waals surface area contributed by atoms with Crippen molar-refractivity contribution in [3.05, 3.63) is 28.3 Å². The van der Waals surface area contributed by atoms with E-state index in [1.807, 2.05) is 12.1 Å². The van der Waals surface area contributed by atoms with Crippen molar-refractivity contribution >= 4 is 11.4 Å². The van der Waals surface area contributed by atoms with Crippen molar-refractivity contribution in [2.75, 3.05) is 51.4 Å². The molecule has 7 heteroatoms. The summed E-state index contributed by atoms with van der Waals surface area (Å²) < 4.78 is 10.5. The summed E-state index contributed by atoms with van der Waals surface area (Å²) in [5.41, 5.74) is 0.809. The predicted molar refractivity (Wildman–Crippen MR) is 101 cm³/mol. The fourth-order valence-electron chi connectivity index (χ4n) is 4.02. The highest BCUT2D eigenvalue weighted by atomic mass is 16.6. The first kappa shape index (κ1) is 18.9. The van der Waals surface area contributed by atoms with Crippen molar-refractivity contribution in [1.82, 2.24) is 4.90 Å². The van der Waals surface area contributed by atoms with Crippen LogP contribution in [0.25, 0.3) is 0 Å². The van der Waals surface area contributed by atoms with Crippen LogP contribution in [0.2, 0.25) is 0 Å². The van der Waals surface area contributed by atoms with Gasteiger partial charge in [-0.15, -0.1) is 0 Å². The van der Waals surface area contributed by atoms with Crippen LogP contribution in [0.3, 0.4) is 0 Å². The minimum atomic E-state index is -0.313. The number of rotatable bonds is 7. The number of nitro benzene ring substituents is 1. The quantitative estimate of drug-likeness (QED) is 0.421. The van der Waals surface area contributed by atoms with Gasteiger partial charge in [0.1, 0.15) is 18.0 Å². The first-order valence-corrected chi connectivity index (χ1v) is 9.58. The molecule has 2 aliphatic rings. The highest BCUT2D eigenvalue weighted by Crippen LogP contribution is 2.33. The van der Waals surface area contributed by atoms with E-state index in [4.69, 9.17) is 9.47 Å². The number of nitrogens with zero attached hydrogens (tertiary/aromatic N) is 3. The first-order chi connectivity index (χ1) is 12.7. The average molecular weight is 363 g/mol. The van der Waals surface area contributed by atoms with Crippen molar-refractivity contribution in [3.63, 3.8) is 0 Å². The largest absolute Gasteiger partial charge is 0.491 e. The smallest absolute Gasteiger partial charge is 0.296 e. The average Bonchev–Trinajstić information content (AvgIpc) is 2.69. The third-order valence-electron chi connectivity index (χ3n) is 5.45. The molecule has 144 valence electrons. The van der Waals surface area contributed by atoms with Gasteiger partial charge in [-0.25, -0.2) is 0 Å². The Balaban J connectivity index is 1.64. The summed E-state index contributed by atoms with van der Waals surface area (Å²) in [5, 5.41) is 11.5. The van der Waals surface area contributed by atoms with Crippen LogP contribution in [0.4, 0.5) is 11.4 Å². The Hall–Kier alpha value is -1.86. The molecule has 2 fully saturated rings. The molecule has 3 rings (SSSR count). The van der Waals surface area contributed by atoms with Gasteiger partial charge < -0.3 is 14.4 Å². The Labute approximate surface area is 155 Å². The standard InChI is InChI=1S/C19H29N3O4/c1-25-13-14-26-17-7-8-18(19(15-17)22(23)24)21-11-9-20(10-12-21)16-5-3-2-4-6-16/h7-8,15-16H,2-6,9-14H2,1H3. The van der Waals surface area contributed by atoms with E-state index >= 15 is 0 Å². The SMILES string of the molecule is COCCOc1ccc(N2CCN(C3CCCCC3)CC2)c([N+](=O)[O-])c1. The minimum Gasteiger partial charge on any atom is -0.491 e. The second-order valence-electron chi connectivity index (χ2n) is 7.06. The van der Waals surface area contributed by atoms with Gasteiger partial charge >= 0.3 is 0 Å². The minimum absolute atomic E-state index is 0.117. The van der Waals surface area contributed by atoms with Crippen molar-refractivity contribution in [2.24, 2.45) is 0 Å². The number of methoxy groups -OCH3 is 1. The number of hydrogen-bond acceptors (Lipinski definition) is 6. The highest BCUT2D eigenvalue weighted by Gasteiger charge is 2.28. The van der Waals surface area contributed by atoms with E-state index in [1.54, 1.807) is 7.11 Å². The summed E-state index contributed by atoms with van der Waals surface area (Å²) in [6.07, 6.45) is 6.63. The Morgan fingerprint density at radius 2 is 1.85 bits per heavy atom. The van der Waals surface area contributed by atoms with Gasteiger partial charge in [0.05, 0.1) is 17.6 Å². The maximum absolute atomic E-state index is 11.5. The lowest BCUT2D eigenvalue weighted by atomic mass is 9.94. The van der Waals surface area contributed by atoms with Crippen LogP contribution in [0.5, 0.6) is 5.75 Å². The molecule has 1 saturated carbocycles. The monoisotopic (exact) mass is 363 g/mol. The van der Waals surface area contributed by atoms with Crippen molar-refractivity contribution < 1.29 is 14.4 Å². The number of nitro groups is 1. The fourth-order valence-corrected chi connectivity index (χ4v) is 4.02. The zero-order valence-electron chi connectivity index (χ0n) is 15.6. The fraction of sp³-hybridized carbons (Fsp3) is 0.684. The van der Waals surface area contributed by atoms with Gasteiger partial charge in [-0.05, 0) is 25.0 Å². The molecule has 26 heavy (non-hydrogen) atoms. The zero-order chi connectivity index (χ0) is 18.4. The van der Waals surface area contributed by atoms with E-state index in [2.05, 4.69) is 9.80 Å². The molecule has 0 amide bonds. The molecule has 0 aromatic heterocycles. The Morgan fingerprint density at radius 1 is 1.12 bits per heavy atom. The molecule has 1 aliphatic carbocycles. The normalized spacial score (nSPS) is 19.5. The zero-order valence-corrected chi connectivity index (χ0v) is 15.6. The molecule has 0 unspecified atom stereocenters. The van der Waals surface area contributed by atoms with E-state index in [9.17, 15) is 10.1 Å². The van der Waals surface area contributed by atoms with Crippen molar-refractivity contribution in [2.45, 2.75) is 38.1 Å². The van der Waals surface area contributed by atoms with Gasteiger partial charge in [-0.1, -0.05) is 19.3 Å². The lowest BCUT2D eigenvalue weighted by Crippen LogP contribution is -2.51. The molecule has 0 bridgehead atoms. The number of piperazine rings is 1. The lowest BCUT2D eigenvalue weighted by molar-refractivity contribution is -0.384. The number of ether oxygens (including phenoxy) is 2. The molecular weight excluding hydrogens is 334 g/mol. The predicted octanol–water partition coefficient (Wildman–Crippen LogP) is 3.07. The molecule has 0 spiro atoms. The summed E-state index contributed by atoms with van der Waals surface area (Å²) >= 11 is 0. The van der Waals surface area contributed by atoms with Gasteiger partial charge in [-0.2, -0.15) is 0 Å². The second kappa shape index (κ2) is 9.19. The van der Waals surface area contributed by atoms with Crippen LogP contribution < -0.4 is 9.64 Å². The number of anilines is 1. The van der Waals surface area contributed by atoms with Crippen LogP contribution in [0.1, 0.15) is 32.1 Å². The first-order valence-electron chi connectivity index (χ1n) is 9.58. The van der Waals surface area contributed by atoms with Gasteiger partial charge in [0, 0.05) is 39.3 Å². The Kier molecular flexibility index (Phi) is 6.68. The van der Waals surface area contributed by atoms with Crippen LogP contribution in [0, 0.1) is 10.1 Å². The third-order valence-corrected chi connectivity index (χ3v) is 5.45. The summed E-state index contributed by atoms with van der Waals surface area (Å²) in [6.45, 7) is 4.47. The summed E-state index contributed by atoms with van der Waals surface area (Å²) in [7, 11) is 1.60. The van der Waals surface area contributed by atoms with Gasteiger partial charge in [0.2, 0.25) is 0 Å². The van der Waals surface area contributed by atoms with Crippen molar-refractivity contribution in [3.8, 4) is 5.75 Å². The van der Waals surface area contributed by atoms with E-state index in [-0.39, 0.29) is 10.6 Å². The molecule has 1 heterocycles. The third kappa shape index (κ3) is 4.65. The molecule has 1 saturated heterocycles. The van der Waals surface area contributed by atoms with Crippen LogP contribution in [-0.2, 0) is 4.74 Å². The topological polar surface area (TPSA) is 68.1 Å². The molecule has 1 aromatic rings. The number of hydrogen-bond donors (Lipinski definition) is 0. The van der Waals surface area contributed by atoms with E-state index < -0.39 is 0 Å². The highest BCUT2D eigenvalue weighted by molar-refractivity contribution is 5.65. The molecule has 0 atom stereocenters. The molecule has 1 aromatic carbocycles. The van der Waals surface area contributed by atoms with E-state index in [1.165, 1.54) is 38.2 Å². The molecule has 0 radical (unpaired) electrons. The van der Waals surface area contributed by atoms with Crippen molar-refractivity contribution in [1.29, 1.82) is 0 Å². The molecule has 1 aliphatic heterocycles. The molecule has 7 nitrogen and oxygen atoms in total. The number of benzene rings is 1. The van der Waals surface area contributed by atoms with Gasteiger partial charge in [0.25, 0.3) is 5.69 Å². The van der Waals surface area contributed by atoms with E-state index in [0.29, 0.717) is 30.7 Å². The van der Waals surface area contributed by atoms with Crippen LogP contribution in [0.15, 0.2) is 18.2 Å². The Morgan fingerprint density at radius 3 is 2.50 bits per heavy atom. The lowest BCUT2D eigenvalue weighted by Gasteiger charge is -2.41. The maximum Gasteiger partial charge on any atom is 0.296 e.